The Kier molecular flexibility index (Phi) is 6.42. The third-order valence-electron chi connectivity index (χ3n) is 0.816. The van der Waals surface area contributed by atoms with E-state index in [4.69, 9.17) is 15.1 Å². The molecule has 4 nitrogen and oxygen atoms in total. The molecule has 0 fully saturated rings. The van der Waals surface area contributed by atoms with Crippen molar-refractivity contribution in [2.75, 3.05) is 19.8 Å². The van der Waals surface area contributed by atoms with Crippen LogP contribution in [0.5, 0.6) is 0 Å². The average molecular weight is 147 g/mol. The van der Waals surface area contributed by atoms with Crippen LogP contribution >= 0.6 is 0 Å². The summed E-state index contributed by atoms with van der Waals surface area (Å²) < 4.78 is 0. The standard InChI is InChI=1S/C6H13NO3/c1-2-3-7-10-5-6(9)4-8/h2,6-9H,1,3-5H2. The Morgan fingerprint density at radius 3 is 2.90 bits per heavy atom. The summed E-state index contributed by atoms with van der Waals surface area (Å²) in [6.07, 6.45) is 0.822. The molecule has 0 rings (SSSR count). The monoisotopic (exact) mass is 147 g/mol. The van der Waals surface area contributed by atoms with Gasteiger partial charge in [-0.1, -0.05) is 6.08 Å². The van der Waals surface area contributed by atoms with Gasteiger partial charge in [0.1, 0.15) is 6.10 Å². The molecule has 0 aromatic rings. The van der Waals surface area contributed by atoms with Crippen molar-refractivity contribution < 1.29 is 15.1 Å². The minimum atomic E-state index is -0.808. The smallest absolute Gasteiger partial charge is 0.102 e. The normalized spacial score (nSPS) is 13.0. The summed E-state index contributed by atoms with van der Waals surface area (Å²) in [7, 11) is 0. The maximum absolute atomic E-state index is 8.72. The summed E-state index contributed by atoms with van der Waals surface area (Å²) in [5.74, 6) is 0. The van der Waals surface area contributed by atoms with Gasteiger partial charge in [-0.15, -0.1) is 6.58 Å². The fourth-order valence-electron chi connectivity index (χ4n) is 0.326. The highest BCUT2D eigenvalue weighted by Crippen LogP contribution is 1.79. The predicted molar refractivity (Wildman–Crippen MR) is 37.2 cm³/mol. The van der Waals surface area contributed by atoms with Gasteiger partial charge in [-0.05, 0) is 0 Å². The van der Waals surface area contributed by atoms with Gasteiger partial charge in [-0.25, -0.2) is 0 Å². The van der Waals surface area contributed by atoms with Gasteiger partial charge in [0.15, 0.2) is 0 Å². The molecule has 0 radical (unpaired) electrons. The Hall–Kier alpha value is -0.420. The first kappa shape index (κ1) is 9.58. The summed E-state index contributed by atoms with van der Waals surface area (Å²) >= 11 is 0. The molecule has 0 spiro atoms. The van der Waals surface area contributed by atoms with Crippen molar-refractivity contribution in [3.05, 3.63) is 12.7 Å². The molecule has 0 aromatic heterocycles. The number of aliphatic hydroxyl groups excluding tert-OH is 2. The van der Waals surface area contributed by atoms with Crippen molar-refractivity contribution in [1.29, 1.82) is 0 Å². The molecule has 0 saturated heterocycles. The third kappa shape index (κ3) is 5.71. The lowest BCUT2D eigenvalue weighted by atomic mass is 10.4. The molecule has 0 amide bonds. The highest BCUT2D eigenvalue weighted by molar-refractivity contribution is 4.66. The minimum Gasteiger partial charge on any atom is -0.394 e. The summed E-state index contributed by atoms with van der Waals surface area (Å²) in [5, 5.41) is 17.0. The van der Waals surface area contributed by atoms with Crippen molar-refractivity contribution in [2.24, 2.45) is 0 Å². The quantitative estimate of drug-likeness (QED) is 0.257. The zero-order valence-corrected chi connectivity index (χ0v) is 5.79. The predicted octanol–water partition coefficient (Wildman–Crippen LogP) is -0.953. The molecule has 60 valence electrons. The van der Waals surface area contributed by atoms with E-state index >= 15 is 0 Å². The van der Waals surface area contributed by atoms with E-state index in [1.165, 1.54) is 0 Å². The topological polar surface area (TPSA) is 61.7 Å². The second-order valence-electron chi connectivity index (χ2n) is 1.78. The molecule has 0 aliphatic heterocycles. The zero-order valence-electron chi connectivity index (χ0n) is 5.79. The van der Waals surface area contributed by atoms with Crippen molar-refractivity contribution in [3.8, 4) is 0 Å². The highest BCUT2D eigenvalue weighted by atomic mass is 16.6. The van der Waals surface area contributed by atoms with Crippen LogP contribution in [0, 0.1) is 0 Å². The van der Waals surface area contributed by atoms with Gasteiger partial charge in [0.25, 0.3) is 0 Å². The SMILES string of the molecule is C=CCNOCC(O)CO. The zero-order chi connectivity index (χ0) is 7.82. The molecule has 0 aliphatic rings. The molecular formula is C6H13NO3. The number of nitrogens with one attached hydrogen (secondary N) is 1. The molecule has 0 saturated carbocycles. The van der Waals surface area contributed by atoms with Gasteiger partial charge in [0.2, 0.25) is 0 Å². The molecule has 10 heavy (non-hydrogen) atoms. The van der Waals surface area contributed by atoms with Gasteiger partial charge < -0.3 is 10.2 Å². The van der Waals surface area contributed by atoms with Gasteiger partial charge in [-0.3, -0.25) is 4.84 Å². The lowest BCUT2D eigenvalue weighted by Gasteiger charge is -2.06. The fourth-order valence-corrected chi connectivity index (χ4v) is 0.326. The van der Waals surface area contributed by atoms with Crippen LogP contribution in [-0.2, 0) is 4.84 Å². The van der Waals surface area contributed by atoms with Crippen LogP contribution in [0.25, 0.3) is 0 Å². The van der Waals surface area contributed by atoms with Crippen LogP contribution in [0.15, 0.2) is 12.7 Å². The number of rotatable bonds is 6. The first-order chi connectivity index (χ1) is 4.81. The first-order valence-electron chi connectivity index (χ1n) is 3.05. The molecular weight excluding hydrogens is 134 g/mol. The molecule has 4 heteroatoms. The highest BCUT2D eigenvalue weighted by Gasteiger charge is 1.99. The fraction of sp³-hybridized carbons (Fsp3) is 0.667. The van der Waals surface area contributed by atoms with Crippen LogP contribution in [0.2, 0.25) is 0 Å². The Bertz CT molecular complexity index is 87.1. The van der Waals surface area contributed by atoms with E-state index in [0.29, 0.717) is 6.54 Å². The molecule has 0 bridgehead atoms. The van der Waals surface area contributed by atoms with Crippen LogP contribution in [0.3, 0.4) is 0 Å². The van der Waals surface area contributed by atoms with E-state index in [1.807, 2.05) is 0 Å². The van der Waals surface area contributed by atoms with E-state index in [1.54, 1.807) is 6.08 Å². The summed E-state index contributed by atoms with van der Waals surface area (Å²) in [5.41, 5.74) is 2.51. The molecule has 1 atom stereocenters. The lowest BCUT2D eigenvalue weighted by molar-refractivity contribution is -0.0333. The van der Waals surface area contributed by atoms with Gasteiger partial charge in [0, 0.05) is 6.54 Å². The summed E-state index contributed by atoms with van der Waals surface area (Å²) in [4.78, 5) is 4.70. The number of hydrogen-bond donors (Lipinski definition) is 3. The average Bonchev–Trinajstić information content (AvgIpc) is 1.98. The summed E-state index contributed by atoms with van der Waals surface area (Å²) in [6.45, 7) is 3.77. The second kappa shape index (κ2) is 6.70. The lowest BCUT2D eigenvalue weighted by Crippen LogP contribution is -2.25. The molecule has 3 N–H and O–H groups in total. The molecule has 0 aromatic carbocycles. The van der Waals surface area contributed by atoms with E-state index < -0.39 is 6.10 Å². The van der Waals surface area contributed by atoms with E-state index in [-0.39, 0.29) is 13.2 Å². The van der Waals surface area contributed by atoms with Crippen molar-refractivity contribution >= 4 is 0 Å². The van der Waals surface area contributed by atoms with E-state index in [9.17, 15) is 0 Å². The van der Waals surface area contributed by atoms with Crippen molar-refractivity contribution in [2.45, 2.75) is 6.10 Å². The Morgan fingerprint density at radius 2 is 2.40 bits per heavy atom. The maximum Gasteiger partial charge on any atom is 0.102 e. The number of hydroxylamine groups is 1. The molecule has 0 heterocycles. The number of aliphatic hydroxyl groups is 2. The Morgan fingerprint density at radius 1 is 1.70 bits per heavy atom. The Labute approximate surface area is 60.1 Å². The second-order valence-corrected chi connectivity index (χ2v) is 1.78. The van der Waals surface area contributed by atoms with Crippen LogP contribution < -0.4 is 5.48 Å². The minimum absolute atomic E-state index is 0.0876. The van der Waals surface area contributed by atoms with Crippen LogP contribution in [-0.4, -0.2) is 36.1 Å². The third-order valence-corrected chi connectivity index (χ3v) is 0.816. The Balaban J connectivity index is 2.95. The van der Waals surface area contributed by atoms with Gasteiger partial charge >= 0.3 is 0 Å². The maximum atomic E-state index is 8.72. The van der Waals surface area contributed by atoms with Gasteiger partial charge in [-0.2, -0.15) is 5.48 Å². The number of hydrogen-bond acceptors (Lipinski definition) is 4. The largest absolute Gasteiger partial charge is 0.394 e. The molecule has 0 aliphatic carbocycles. The van der Waals surface area contributed by atoms with E-state index in [0.717, 1.165) is 0 Å². The van der Waals surface area contributed by atoms with Crippen LogP contribution in [0.1, 0.15) is 0 Å². The van der Waals surface area contributed by atoms with E-state index in [2.05, 4.69) is 12.1 Å². The summed E-state index contributed by atoms with van der Waals surface area (Å²) in [6, 6.07) is 0. The van der Waals surface area contributed by atoms with Crippen molar-refractivity contribution in [1.82, 2.24) is 5.48 Å². The first-order valence-corrected chi connectivity index (χ1v) is 3.05. The van der Waals surface area contributed by atoms with Crippen LogP contribution in [0.4, 0.5) is 0 Å². The molecule has 1 unspecified atom stereocenters. The van der Waals surface area contributed by atoms with Crippen molar-refractivity contribution in [3.63, 3.8) is 0 Å². The van der Waals surface area contributed by atoms with Gasteiger partial charge in [0.05, 0.1) is 13.2 Å².